The highest BCUT2D eigenvalue weighted by molar-refractivity contribution is 8.05. The van der Waals surface area contributed by atoms with Crippen LogP contribution in [0, 0.1) is 41.0 Å². The Balaban J connectivity index is 0.000000492. The highest BCUT2D eigenvalue weighted by Crippen LogP contribution is 2.55. The van der Waals surface area contributed by atoms with Crippen LogP contribution in [0.5, 0.6) is 23.0 Å². The van der Waals surface area contributed by atoms with Gasteiger partial charge in [0.05, 0.1) is 67.6 Å². The minimum Gasteiger partial charge on any atom is -0.496 e. The van der Waals surface area contributed by atoms with E-state index in [0.717, 1.165) is 67.5 Å². The number of hydrogen-bond donors (Lipinski definition) is 0. The van der Waals surface area contributed by atoms with Crippen molar-refractivity contribution >= 4 is 90.6 Å². The Labute approximate surface area is 681 Å². The normalized spacial score (nSPS) is 14.2. The van der Waals surface area contributed by atoms with E-state index in [1.807, 2.05) is 75.5 Å². The van der Waals surface area contributed by atoms with Gasteiger partial charge in [0.1, 0.15) is 66.6 Å². The molecule has 0 saturated heterocycles. The molecular formula is C80H60Cl4O20S8. The first-order valence-corrected chi connectivity index (χ1v) is 46.2. The van der Waals surface area contributed by atoms with Crippen molar-refractivity contribution in [3.05, 3.63) is 287 Å². The zero-order valence-electron chi connectivity index (χ0n) is 58.9. The number of halogens is 4. The van der Waals surface area contributed by atoms with Gasteiger partial charge in [-0.05, 0) is 97.1 Å². The molecule has 0 unspecified atom stereocenters. The lowest BCUT2D eigenvalue weighted by molar-refractivity contribution is -2.00. The molecule has 112 heavy (non-hydrogen) atoms. The zero-order chi connectivity index (χ0) is 79.6. The molecule has 576 valence electrons. The topological polar surface area (TPSA) is 406 Å². The fraction of sp³-hybridized carbons (Fsp3) is 0.100. The zero-order valence-corrected chi connectivity index (χ0v) is 68.4. The van der Waals surface area contributed by atoms with E-state index >= 15 is 0 Å². The minimum absolute atomic E-state index is 0.456. The summed E-state index contributed by atoms with van der Waals surface area (Å²) in [6.45, 7) is 0. The molecule has 0 atom stereocenters. The van der Waals surface area contributed by atoms with Crippen molar-refractivity contribution in [2.75, 3.05) is 28.4 Å². The molecular weight excluding hydrogens is 1680 g/mol. The van der Waals surface area contributed by atoms with Gasteiger partial charge >= 0.3 is 0 Å². The standard InChI is InChI=1S/C80H60O4S8.4ClHO4/c1-81-77-49-37-51-43-58(90-71-31-15-7-23-63(71)86-64-24-8-16-32-72(64)90)45-53(78(51)82-2)39-55-47-60(92-75-35-19-11-27-67(75)88-68-28-12-20-36-76(68)92)48-56(80(55)84-4)40-54-46-59(91-73-33-17-9-25-65(73)87-66-26-10-18-34-74(66)91)44-52(79(54)83-3)38-50(77)42-57(41-49)89-69-29-13-5-21-61(69)85-62-22-6-14-30-70(62)89;4*2-1(3,4)5/h5-36,41-48H,37-40H2,1-4H3;4*(H,2,3,4,5)/q+4;;;;/p-4. The minimum atomic E-state index is -4.94. The lowest BCUT2D eigenvalue weighted by Gasteiger charge is -2.25. The van der Waals surface area contributed by atoms with Gasteiger partial charge in [-0.2, -0.15) is 0 Å². The van der Waals surface area contributed by atoms with Crippen LogP contribution in [0.1, 0.15) is 44.5 Å². The third kappa shape index (κ3) is 19.8. The quantitative estimate of drug-likeness (QED) is 0.195. The van der Waals surface area contributed by atoms with Crippen LogP contribution >= 0.6 is 47.0 Å². The van der Waals surface area contributed by atoms with Crippen molar-refractivity contribution in [3.8, 4) is 23.0 Å². The van der Waals surface area contributed by atoms with E-state index in [0.29, 0.717) is 25.7 Å². The molecule has 0 aromatic heterocycles. The van der Waals surface area contributed by atoms with Crippen LogP contribution in [0.2, 0.25) is 0 Å². The molecule has 12 aromatic rings. The summed E-state index contributed by atoms with van der Waals surface area (Å²) in [5.41, 5.74) is 8.87. The van der Waals surface area contributed by atoms with Gasteiger partial charge < -0.3 is 18.9 Å². The molecule has 0 radical (unpaired) electrons. The summed E-state index contributed by atoms with van der Waals surface area (Å²) in [5, 5.41) is 0. The van der Waals surface area contributed by atoms with E-state index in [4.69, 9.17) is 93.5 Å². The maximum Gasteiger partial charge on any atom is 0.180 e. The van der Waals surface area contributed by atoms with Crippen LogP contribution in [0.3, 0.4) is 0 Å². The van der Waals surface area contributed by atoms with Gasteiger partial charge in [0, 0.05) is 119 Å². The molecule has 20 nitrogen and oxygen atoms in total. The summed E-state index contributed by atoms with van der Waals surface area (Å²) in [6.07, 6.45) is 2.19. The lowest BCUT2D eigenvalue weighted by Crippen LogP contribution is -2.68. The number of rotatable bonds is 8. The van der Waals surface area contributed by atoms with Crippen molar-refractivity contribution in [3.63, 3.8) is 0 Å². The smallest absolute Gasteiger partial charge is 0.180 e. The van der Waals surface area contributed by atoms with Crippen molar-refractivity contribution in [1.29, 1.82) is 0 Å². The lowest BCUT2D eigenvalue weighted by atomic mass is 9.91. The number of hydrogen-bond acceptors (Lipinski definition) is 24. The van der Waals surface area contributed by atoms with Crippen LogP contribution in [0.25, 0.3) is 0 Å². The average molecular weight is 1740 g/mol. The molecule has 5 aliphatic rings. The van der Waals surface area contributed by atoms with Gasteiger partial charge in [0.25, 0.3) is 0 Å². The third-order valence-corrected chi connectivity index (χ3v) is 32.4. The Morgan fingerprint density at radius 3 is 0.446 bits per heavy atom. The summed E-state index contributed by atoms with van der Waals surface area (Å²) in [7, 11) is -14.1. The first kappa shape index (κ1) is 83.1. The van der Waals surface area contributed by atoms with E-state index in [1.165, 1.54) is 97.9 Å². The maximum absolute atomic E-state index is 8.49. The Kier molecular flexibility index (Phi) is 26.2. The average Bonchev–Trinajstić information content (AvgIpc) is 0.743. The number of ether oxygens (including phenoxy) is 4. The fourth-order valence-electron chi connectivity index (χ4n) is 13.9. The van der Waals surface area contributed by atoms with Crippen molar-refractivity contribution < 1.29 is 134 Å². The molecule has 8 bridgehead atoms. The first-order valence-electron chi connectivity index (χ1n) is 33.1. The molecule has 17 rings (SSSR count). The second-order valence-corrected chi connectivity index (χ2v) is 39.7. The van der Waals surface area contributed by atoms with Gasteiger partial charge in [0.15, 0.2) is 58.7 Å². The summed E-state index contributed by atoms with van der Waals surface area (Å²) >= 11 is 7.50. The SMILES string of the molecule is COc1c2cc([S+]3c4ccccc4Sc4ccccc43)cc1Cc1cc([S+]3c4ccccc4Sc4ccccc43)cc(c1OC)Cc1cc([S+]3c4ccccc4Sc4ccccc43)cc(c1OC)Cc1cc([S+]3c4ccccc4Sc4ccccc43)cc(c1OC)C2.[O-][Cl+3]([O-])([O-])[O-].[O-][Cl+3]([O-])([O-])[O-].[O-][Cl+3]([O-])([O-])[O-].[O-][Cl+3]([O-])([O-])[O-]. The van der Waals surface area contributed by atoms with E-state index in [2.05, 4.69) is 243 Å². The van der Waals surface area contributed by atoms with Crippen LogP contribution in [-0.4, -0.2) is 28.4 Å². The fourth-order valence-corrected chi connectivity index (χ4v) is 29.3. The molecule has 1 aliphatic carbocycles. The maximum atomic E-state index is 8.49. The van der Waals surface area contributed by atoms with Gasteiger partial charge in [0.2, 0.25) is 0 Å². The van der Waals surface area contributed by atoms with E-state index in [9.17, 15) is 0 Å². The van der Waals surface area contributed by atoms with Gasteiger partial charge in [-0.1, -0.05) is 144 Å². The molecule has 0 fully saturated rings. The monoisotopic (exact) mass is 1740 g/mol. The molecule has 0 spiro atoms. The first-order chi connectivity index (χ1) is 53.4. The molecule has 12 aromatic carbocycles. The number of benzene rings is 12. The van der Waals surface area contributed by atoms with E-state index < -0.39 is 84.6 Å². The van der Waals surface area contributed by atoms with Crippen molar-refractivity contribution in [1.82, 2.24) is 0 Å². The van der Waals surface area contributed by atoms with Crippen LogP contribution in [0.15, 0.2) is 341 Å². The highest BCUT2D eigenvalue weighted by atomic mass is 35.7. The Morgan fingerprint density at radius 2 is 0.330 bits per heavy atom. The Morgan fingerprint density at radius 1 is 0.214 bits per heavy atom. The predicted octanol–water partition coefficient (Wildman–Crippen LogP) is 1.61. The highest BCUT2D eigenvalue weighted by Gasteiger charge is 2.45. The van der Waals surface area contributed by atoms with Gasteiger partial charge in [-0.15, -0.1) is 41.0 Å². The second kappa shape index (κ2) is 35.3. The Hall–Kier alpha value is -6.84. The summed E-state index contributed by atoms with van der Waals surface area (Å²) < 4.78 is 164. The van der Waals surface area contributed by atoms with Crippen LogP contribution in [0.4, 0.5) is 0 Å². The van der Waals surface area contributed by atoms with Crippen LogP contribution < -0.4 is 93.5 Å². The van der Waals surface area contributed by atoms with Crippen molar-refractivity contribution in [2.24, 2.45) is 0 Å². The summed E-state index contributed by atoms with van der Waals surface area (Å²) in [5.74, 6) is 3.51. The summed E-state index contributed by atoms with van der Waals surface area (Å²) in [4.78, 5) is 26.0. The van der Waals surface area contributed by atoms with Gasteiger partial charge in [-0.25, -0.2) is 74.5 Å². The summed E-state index contributed by atoms with van der Waals surface area (Å²) in [6, 6.07) is 92.0. The molecule has 0 N–H and O–H groups in total. The molecule has 32 heteroatoms. The third-order valence-electron chi connectivity index (χ3n) is 17.6. The molecule has 4 heterocycles. The molecule has 4 aliphatic heterocycles. The van der Waals surface area contributed by atoms with Crippen molar-refractivity contribution in [2.45, 2.75) is 124 Å². The van der Waals surface area contributed by atoms with E-state index in [-0.39, 0.29) is 0 Å². The molecule has 0 amide bonds. The second-order valence-electron chi connectivity index (χ2n) is 24.5. The number of fused-ring (bicyclic) bond motifs is 16. The van der Waals surface area contributed by atoms with Crippen LogP contribution in [-0.2, 0) is 69.3 Å². The predicted molar refractivity (Wildman–Crippen MR) is 380 cm³/mol. The van der Waals surface area contributed by atoms with Gasteiger partial charge in [-0.3, -0.25) is 0 Å². The number of methoxy groups -OCH3 is 4. The molecule has 0 saturated carbocycles. The Bertz CT molecular complexity index is 4510. The van der Waals surface area contributed by atoms with E-state index in [1.54, 1.807) is 0 Å². The largest absolute Gasteiger partial charge is 0.496 e.